The lowest BCUT2D eigenvalue weighted by atomic mass is 10.1. The van der Waals surface area contributed by atoms with Gasteiger partial charge in [-0.25, -0.2) is 9.66 Å². The zero-order valence-corrected chi connectivity index (χ0v) is 12.1. The number of nitrogens with zero attached hydrogens (tertiary/aromatic N) is 3. The summed E-state index contributed by atoms with van der Waals surface area (Å²) in [7, 11) is 0. The van der Waals surface area contributed by atoms with Gasteiger partial charge in [0.05, 0.1) is 30.3 Å². The molecule has 0 amide bonds. The molecule has 0 spiro atoms. The number of nitrogen functional groups attached to an aromatic ring is 1. The van der Waals surface area contributed by atoms with Crippen molar-refractivity contribution in [2.45, 2.75) is 20.0 Å². The Morgan fingerprint density at radius 3 is 2.68 bits per heavy atom. The second-order valence-corrected chi connectivity index (χ2v) is 4.52. The Labute approximate surface area is 125 Å². The zero-order chi connectivity index (χ0) is 16.3. The van der Waals surface area contributed by atoms with Crippen LogP contribution in [-0.4, -0.2) is 22.5 Å². The van der Waals surface area contributed by atoms with Crippen molar-refractivity contribution in [2.24, 2.45) is 5.10 Å². The normalized spacial score (nSPS) is 12.0. The van der Waals surface area contributed by atoms with Crippen molar-refractivity contribution in [1.82, 2.24) is 9.66 Å². The van der Waals surface area contributed by atoms with E-state index in [0.717, 1.165) is 6.07 Å². The zero-order valence-electron chi connectivity index (χ0n) is 12.1. The monoisotopic (exact) mass is 312 g/mol. The topological polar surface area (TPSA) is 65.4 Å². The fourth-order valence-electron chi connectivity index (χ4n) is 1.86. The van der Waals surface area contributed by atoms with Gasteiger partial charge < -0.3 is 10.5 Å². The highest BCUT2D eigenvalue weighted by atomic mass is 19.4. The van der Waals surface area contributed by atoms with E-state index in [9.17, 15) is 13.2 Å². The Bertz CT molecular complexity index is 692. The molecule has 0 aliphatic heterocycles. The highest BCUT2D eigenvalue weighted by molar-refractivity contribution is 5.80. The third-order valence-electron chi connectivity index (χ3n) is 2.77. The molecule has 118 valence electrons. The molecule has 8 heteroatoms. The van der Waals surface area contributed by atoms with Gasteiger partial charge in [0.2, 0.25) is 5.95 Å². The number of benzene rings is 1. The molecule has 22 heavy (non-hydrogen) atoms. The molecule has 0 aliphatic rings. The Balaban J connectivity index is 2.34. The van der Waals surface area contributed by atoms with E-state index in [-0.39, 0.29) is 23.9 Å². The summed E-state index contributed by atoms with van der Waals surface area (Å²) in [6.07, 6.45) is -1.65. The van der Waals surface area contributed by atoms with E-state index in [1.165, 1.54) is 23.0 Å². The maximum atomic E-state index is 13.0. The third-order valence-corrected chi connectivity index (χ3v) is 2.77. The first-order valence-electron chi connectivity index (χ1n) is 6.51. The van der Waals surface area contributed by atoms with Crippen LogP contribution in [0.2, 0.25) is 0 Å². The molecule has 0 atom stereocenters. The van der Waals surface area contributed by atoms with Crippen LogP contribution in [0, 0.1) is 6.92 Å². The minimum absolute atomic E-state index is 0.154. The minimum atomic E-state index is -4.50. The first-order chi connectivity index (χ1) is 10.3. The van der Waals surface area contributed by atoms with Crippen molar-refractivity contribution in [3.63, 3.8) is 0 Å². The van der Waals surface area contributed by atoms with Gasteiger partial charge in [-0.15, -0.1) is 0 Å². The van der Waals surface area contributed by atoms with Gasteiger partial charge in [-0.05, 0) is 37.6 Å². The van der Waals surface area contributed by atoms with Gasteiger partial charge in [-0.1, -0.05) is 0 Å². The average molecular weight is 312 g/mol. The second-order valence-electron chi connectivity index (χ2n) is 4.52. The molecule has 1 heterocycles. The van der Waals surface area contributed by atoms with Crippen molar-refractivity contribution in [3.05, 3.63) is 41.2 Å². The maximum Gasteiger partial charge on any atom is 0.419 e. The van der Waals surface area contributed by atoms with E-state index >= 15 is 0 Å². The van der Waals surface area contributed by atoms with Crippen LogP contribution in [0.1, 0.15) is 23.7 Å². The van der Waals surface area contributed by atoms with Crippen LogP contribution in [0.15, 0.2) is 29.5 Å². The Hall–Kier alpha value is -2.51. The summed E-state index contributed by atoms with van der Waals surface area (Å²) >= 11 is 0. The molecule has 0 radical (unpaired) electrons. The van der Waals surface area contributed by atoms with Crippen molar-refractivity contribution in [1.29, 1.82) is 0 Å². The number of rotatable bonds is 4. The fraction of sp³-hybridized carbons (Fsp3) is 0.286. The number of nitrogens with two attached hydrogens (primary N) is 1. The largest absolute Gasteiger partial charge is 0.493 e. The molecule has 1 aromatic heterocycles. The number of ether oxygens (including phenoxy) is 1. The summed E-state index contributed by atoms with van der Waals surface area (Å²) in [4.78, 5) is 3.95. The van der Waals surface area contributed by atoms with Gasteiger partial charge >= 0.3 is 6.18 Å². The lowest BCUT2D eigenvalue weighted by Gasteiger charge is -2.13. The summed E-state index contributed by atoms with van der Waals surface area (Å²) < 4.78 is 45.4. The molecule has 0 saturated heterocycles. The Morgan fingerprint density at radius 2 is 2.14 bits per heavy atom. The van der Waals surface area contributed by atoms with E-state index in [1.54, 1.807) is 20.0 Å². The predicted molar refractivity (Wildman–Crippen MR) is 77.0 cm³/mol. The average Bonchev–Trinajstić information content (AvgIpc) is 2.75. The summed E-state index contributed by atoms with van der Waals surface area (Å²) in [5.41, 5.74) is 5.71. The van der Waals surface area contributed by atoms with Crippen molar-refractivity contribution in [3.8, 4) is 5.75 Å². The quantitative estimate of drug-likeness (QED) is 0.882. The van der Waals surface area contributed by atoms with Gasteiger partial charge in [0.15, 0.2) is 0 Å². The van der Waals surface area contributed by atoms with Crippen molar-refractivity contribution < 1.29 is 17.9 Å². The molecule has 2 aromatic rings. The third kappa shape index (κ3) is 3.57. The van der Waals surface area contributed by atoms with Gasteiger partial charge in [0.25, 0.3) is 0 Å². The highest BCUT2D eigenvalue weighted by Gasteiger charge is 2.34. The van der Waals surface area contributed by atoms with Crippen LogP contribution in [0.3, 0.4) is 0 Å². The van der Waals surface area contributed by atoms with Gasteiger partial charge in [0, 0.05) is 0 Å². The number of imidazole rings is 1. The second kappa shape index (κ2) is 6.08. The Kier molecular flexibility index (Phi) is 4.39. The first-order valence-corrected chi connectivity index (χ1v) is 6.51. The molecule has 1 aromatic carbocycles. The lowest BCUT2D eigenvalue weighted by Crippen LogP contribution is -2.09. The van der Waals surface area contributed by atoms with Crippen LogP contribution >= 0.6 is 0 Å². The van der Waals surface area contributed by atoms with E-state index < -0.39 is 11.7 Å². The standard InChI is InChI=1S/C14H15F3N4O/c1-3-22-12-5-4-10(6-11(12)14(15,16)17)7-19-21-8-9(2)20-13(21)18/h4-8H,3H2,1-2H3,(H2,18,20). The predicted octanol–water partition coefficient (Wildman–Crippen LogP) is 3.07. The maximum absolute atomic E-state index is 13.0. The molecular weight excluding hydrogens is 297 g/mol. The van der Waals surface area contributed by atoms with Crippen molar-refractivity contribution in [2.75, 3.05) is 12.3 Å². The summed E-state index contributed by atoms with van der Waals surface area (Å²) in [5.74, 6) is -0.0409. The smallest absolute Gasteiger partial charge is 0.419 e. The van der Waals surface area contributed by atoms with Gasteiger partial charge in [-0.2, -0.15) is 18.3 Å². The van der Waals surface area contributed by atoms with Gasteiger partial charge in [-0.3, -0.25) is 0 Å². The summed E-state index contributed by atoms with van der Waals surface area (Å²) in [6, 6.07) is 3.74. The molecule has 5 nitrogen and oxygen atoms in total. The Morgan fingerprint density at radius 1 is 1.41 bits per heavy atom. The van der Waals surface area contributed by atoms with Crippen LogP contribution in [0.5, 0.6) is 5.75 Å². The highest BCUT2D eigenvalue weighted by Crippen LogP contribution is 2.36. The lowest BCUT2D eigenvalue weighted by molar-refractivity contribution is -0.138. The van der Waals surface area contributed by atoms with E-state index in [4.69, 9.17) is 10.5 Å². The number of hydrogen-bond acceptors (Lipinski definition) is 4. The molecule has 0 fully saturated rings. The van der Waals surface area contributed by atoms with Crippen LogP contribution in [0.25, 0.3) is 0 Å². The molecule has 0 unspecified atom stereocenters. The van der Waals surface area contributed by atoms with E-state index in [0.29, 0.717) is 5.69 Å². The summed E-state index contributed by atoms with van der Waals surface area (Å²) in [6.45, 7) is 3.52. The molecule has 2 N–H and O–H groups in total. The molecule has 0 saturated carbocycles. The first kappa shape index (κ1) is 15.9. The van der Waals surface area contributed by atoms with Crippen molar-refractivity contribution >= 4 is 12.2 Å². The number of aryl methyl sites for hydroxylation is 1. The summed E-state index contributed by atoms with van der Waals surface area (Å²) in [5, 5.41) is 3.99. The number of alkyl halides is 3. The van der Waals surface area contributed by atoms with E-state index in [1.807, 2.05) is 0 Å². The number of hydrogen-bond donors (Lipinski definition) is 1. The number of halogens is 3. The molecule has 2 rings (SSSR count). The van der Waals surface area contributed by atoms with E-state index in [2.05, 4.69) is 10.1 Å². The molecular formula is C14H15F3N4O. The molecule has 0 aliphatic carbocycles. The molecule has 0 bridgehead atoms. The van der Waals surface area contributed by atoms with Crippen LogP contribution < -0.4 is 10.5 Å². The fourth-order valence-corrected chi connectivity index (χ4v) is 1.86. The van der Waals surface area contributed by atoms with Crippen LogP contribution in [-0.2, 0) is 6.18 Å². The van der Waals surface area contributed by atoms with Crippen LogP contribution in [0.4, 0.5) is 19.1 Å². The number of anilines is 1. The number of aromatic nitrogens is 2. The SMILES string of the molecule is CCOc1ccc(C=Nn2cc(C)nc2N)cc1C(F)(F)F. The van der Waals surface area contributed by atoms with Gasteiger partial charge in [0.1, 0.15) is 5.75 Å². The minimum Gasteiger partial charge on any atom is -0.493 e.